The maximum atomic E-state index is 14.2. The van der Waals surface area contributed by atoms with Gasteiger partial charge in [0.1, 0.15) is 34.4 Å². The summed E-state index contributed by atoms with van der Waals surface area (Å²) in [7, 11) is 2.40. The molecule has 0 radical (unpaired) electrons. The lowest BCUT2D eigenvalue weighted by Gasteiger charge is -2.37. The molecule has 0 aliphatic carbocycles. The molecule has 1 aromatic heterocycles. The minimum Gasteiger partial charge on any atom is -1.00 e. The second-order valence-electron chi connectivity index (χ2n) is 14.0. The Morgan fingerprint density at radius 2 is 1.45 bits per heavy atom. The number of likely N-dealkylation sites (tertiary alicyclic amines) is 1. The van der Waals surface area contributed by atoms with E-state index in [-0.39, 0.29) is 34.8 Å². The van der Waals surface area contributed by atoms with Crippen molar-refractivity contribution in [3.8, 4) is 22.9 Å². The van der Waals surface area contributed by atoms with Crippen LogP contribution in [0.15, 0.2) is 65.6 Å². The van der Waals surface area contributed by atoms with Crippen LogP contribution in [0.1, 0.15) is 88.9 Å². The van der Waals surface area contributed by atoms with Crippen LogP contribution in [-0.4, -0.2) is 68.0 Å². The van der Waals surface area contributed by atoms with Crippen LogP contribution >= 0.6 is 0 Å². The van der Waals surface area contributed by atoms with Gasteiger partial charge in [-0.25, -0.2) is 8.78 Å². The fourth-order valence-electron chi connectivity index (χ4n) is 7.11. The lowest BCUT2D eigenvalue weighted by Crippen LogP contribution is -3.00. The van der Waals surface area contributed by atoms with E-state index in [0.717, 1.165) is 37.5 Å². The van der Waals surface area contributed by atoms with Crippen LogP contribution in [-0.2, 0) is 0 Å². The Labute approximate surface area is 323 Å². The number of unbranched alkanes of at least 4 members (excludes halogenated alkanes) is 4. The molecule has 5 rings (SSSR count). The van der Waals surface area contributed by atoms with E-state index in [9.17, 15) is 18.4 Å². The van der Waals surface area contributed by atoms with Crippen molar-refractivity contribution in [3.05, 3.63) is 88.2 Å². The number of fused-ring (bicyclic) bond motifs is 1. The van der Waals surface area contributed by atoms with Gasteiger partial charge in [-0.3, -0.25) is 9.59 Å². The number of nitrogens with zero attached hydrogens (tertiary/aromatic N) is 3. The van der Waals surface area contributed by atoms with Crippen molar-refractivity contribution >= 4 is 22.5 Å². The van der Waals surface area contributed by atoms with Gasteiger partial charge in [-0.1, -0.05) is 19.8 Å². The minimum atomic E-state index is -0.819. The van der Waals surface area contributed by atoms with Gasteiger partial charge in [0.2, 0.25) is 5.43 Å². The Kier molecular flexibility index (Phi) is 15.7. The third-order valence-electron chi connectivity index (χ3n) is 9.86. The van der Waals surface area contributed by atoms with Crippen molar-refractivity contribution in [1.29, 1.82) is 0 Å². The van der Waals surface area contributed by atoms with E-state index in [1.165, 1.54) is 73.7 Å². The van der Waals surface area contributed by atoms with Crippen LogP contribution in [0, 0.1) is 11.6 Å². The second-order valence-corrected chi connectivity index (χ2v) is 14.0. The van der Waals surface area contributed by atoms with Gasteiger partial charge in [0.15, 0.2) is 0 Å². The maximum absolute atomic E-state index is 14.2. The van der Waals surface area contributed by atoms with Gasteiger partial charge >= 0.3 is 0 Å². The second kappa shape index (κ2) is 19.9. The largest absolute Gasteiger partial charge is 1.00 e. The smallest absolute Gasteiger partial charge is 0.263 e. The first-order chi connectivity index (χ1) is 25.1. The zero-order valence-corrected chi connectivity index (χ0v) is 33.2. The highest BCUT2D eigenvalue weighted by Crippen LogP contribution is 2.30. The molecule has 4 aromatic rings. The average molecular weight is 799 g/mol. The molecule has 3 aromatic carbocycles. The number of amides is 1. The number of anilines is 1. The standard InChI is InChI=1S/C42H54F2N3O5.BrH/c1-5-21-51-37-27-34(26-36(28-37)50-7-3)46-30-39(42(49)45(6-2)33-24-31(43)23-32(44)25-33)41(48)38-17-16-35(29-40(38)46)52-22-15-10-8-9-12-18-47(4)19-13-11-14-20-47;/h16-17,23-30H,5-15,18-22H2,1-4H3;1H/q+1;/p-1. The normalized spacial score (nSPS) is 13.7. The van der Waals surface area contributed by atoms with Crippen LogP contribution in [0.3, 0.4) is 0 Å². The van der Waals surface area contributed by atoms with E-state index in [1.807, 2.05) is 32.0 Å². The van der Waals surface area contributed by atoms with E-state index < -0.39 is 23.0 Å². The molecule has 11 heteroatoms. The lowest BCUT2D eigenvalue weighted by atomic mass is 10.1. The van der Waals surface area contributed by atoms with Gasteiger partial charge in [0.25, 0.3) is 5.91 Å². The quantitative estimate of drug-likeness (QED) is 0.0902. The molecule has 0 N–H and O–H groups in total. The van der Waals surface area contributed by atoms with E-state index in [4.69, 9.17) is 14.2 Å². The highest BCUT2D eigenvalue weighted by atomic mass is 79.9. The van der Waals surface area contributed by atoms with Crippen LogP contribution in [0.4, 0.5) is 14.5 Å². The number of rotatable bonds is 18. The summed E-state index contributed by atoms with van der Waals surface area (Å²) in [5.74, 6) is -0.566. The molecule has 0 saturated carbocycles. The number of hydrogen-bond donors (Lipinski definition) is 0. The molecule has 1 aliphatic heterocycles. The topological polar surface area (TPSA) is 70.0 Å². The van der Waals surface area contributed by atoms with Crippen molar-refractivity contribution in [2.45, 2.75) is 78.6 Å². The summed E-state index contributed by atoms with van der Waals surface area (Å²) in [6, 6.07) is 13.6. The summed E-state index contributed by atoms with van der Waals surface area (Å²) in [6.07, 6.45) is 12.0. The fraction of sp³-hybridized carbons (Fsp3) is 0.476. The van der Waals surface area contributed by atoms with E-state index >= 15 is 0 Å². The molecule has 53 heavy (non-hydrogen) atoms. The fourth-order valence-corrected chi connectivity index (χ4v) is 7.11. The molecule has 1 aliphatic rings. The van der Waals surface area contributed by atoms with Crippen molar-refractivity contribution in [1.82, 2.24) is 4.57 Å². The Morgan fingerprint density at radius 1 is 0.792 bits per heavy atom. The van der Waals surface area contributed by atoms with Crippen molar-refractivity contribution in [2.24, 2.45) is 0 Å². The first-order valence-corrected chi connectivity index (χ1v) is 19.0. The van der Waals surface area contributed by atoms with Gasteiger partial charge < -0.3 is 45.1 Å². The number of piperidine rings is 1. The summed E-state index contributed by atoms with van der Waals surface area (Å²) in [5.41, 5.74) is 0.507. The molecule has 288 valence electrons. The number of quaternary nitrogens is 1. The first-order valence-electron chi connectivity index (χ1n) is 19.0. The zero-order valence-electron chi connectivity index (χ0n) is 31.6. The lowest BCUT2D eigenvalue weighted by molar-refractivity contribution is -0.914. The number of carbonyl (C=O) groups excluding carboxylic acids is 1. The number of ether oxygens (including phenoxy) is 3. The highest BCUT2D eigenvalue weighted by molar-refractivity contribution is 6.07. The molecule has 0 unspecified atom stereocenters. The number of carbonyl (C=O) groups is 1. The molecule has 0 spiro atoms. The SMILES string of the molecule is CCCOc1cc(OCC)cc(-n2cc(C(=O)N(CC)c3cc(F)cc(F)c3)c(=O)c3ccc(OCCCCCCC[N+]4(C)CCCCC4)cc32)c1.[Br-]. The van der Waals surface area contributed by atoms with Gasteiger partial charge in [-0.2, -0.15) is 0 Å². The number of benzene rings is 3. The van der Waals surface area contributed by atoms with Crippen LogP contribution in [0.25, 0.3) is 16.6 Å². The predicted octanol–water partition coefficient (Wildman–Crippen LogP) is 6.09. The zero-order chi connectivity index (χ0) is 37.1. The molecule has 0 atom stereocenters. The molecule has 1 amide bonds. The minimum absolute atomic E-state index is 0. The Balaban J connectivity index is 0.00000627. The third kappa shape index (κ3) is 11.0. The summed E-state index contributed by atoms with van der Waals surface area (Å²) < 4.78 is 49.4. The van der Waals surface area contributed by atoms with Gasteiger partial charge in [-0.15, -0.1) is 0 Å². The Hall–Kier alpha value is -3.96. The predicted molar refractivity (Wildman–Crippen MR) is 203 cm³/mol. The van der Waals surface area contributed by atoms with E-state index in [1.54, 1.807) is 29.7 Å². The van der Waals surface area contributed by atoms with Crippen molar-refractivity contribution < 1.29 is 49.3 Å². The number of aromatic nitrogens is 1. The molecule has 2 heterocycles. The average Bonchev–Trinajstić information content (AvgIpc) is 3.12. The first kappa shape index (κ1) is 41.8. The molecule has 1 fully saturated rings. The van der Waals surface area contributed by atoms with Gasteiger partial charge in [0, 0.05) is 54.1 Å². The molecule has 1 saturated heterocycles. The monoisotopic (exact) mass is 797 g/mol. The van der Waals surface area contributed by atoms with Crippen molar-refractivity contribution in [2.75, 3.05) is 57.9 Å². The highest BCUT2D eigenvalue weighted by Gasteiger charge is 2.25. The third-order valence-corrected chi connectivity index (χ3v) is 9.86. The molecule has 0 bridgehead atoms. The van der Waals surface area contributed by atoms with E-state index in [0.29, 0.717) is 53.7 Å². The Bertz CT molecular complexity index is 1860. The van der Waals surface area contributed by atoms with Gasteiger partial charge in [0.05, 0.1) is 57.7 Å². The number of pyridine rings is 1. The molecular formula is C42H54BrF2N3O5. The summed E-state index contributed by atoms with van der Waals surface area (Å²) in [5, 5.41) is 0.294. The number of hydrogen-bond acceptors (Lipinski definition) is 5. The summed E-state index contributed by atoms with van der Waals surface area (Å²) >= 11 is 0. The Morgan fingerprint density at radius 3 is 2.13 bits per heavy atom. The number of halogens is 3. The molecular weight excluding hydrogens is 744 g/mol. The van der Waals surface area contributed by atoms with Crippen LogP contribution in [0.2, 0.25) is 0 Å². The van der Waals surface area contributed by atoms with Crippen LogP contribution < -0.4 is 41.5 Å². The van der Waals surface area contributed by atoms with E-state index in [2.05, 4.69) is 7.05 Å². The van der Waals surface area contributed by atoms with Crippen molar-refractivity contribution in [3.63, 3.8) is 0 Å². The molecule has 8 nitrogen and oxygen atoms in total. The van der Waals surface area contributed by atoms with Crippen LogP contribution in [0.5, 0.6) is 17.2 Å². The maximum Gasteiger partial charge on any atom is 0.263 e. The van der Waals surface area contributed by atoms with Gasteiger partial charge in [-0.05, 0) is 83.1 Å². The summed E-state index contributed by atoms with van der Waals surface area (Å²) in [4.78, 5) is 29.3. The summed E-state index contributed by atoms with van der Waals surface area (Å²) in [6.45, 7) is 11.0.